The molecule has 3 aromatic rings. The minimum absolute atomic E-state index is 0.0140. The molecule has 2 aromatic carbocycles. The molecule has 2 N–H and O–H groups in total. The number of carbonyl (C=O) groups excluding carboxylic acids is 1. The highest BCUT2D eigenvalue weighted by molar-refractivity contribution is 5.99. The number of aliphatic hydroxyl groups is 2. The average molecular weight is 462 g/mol. The van der Waals surface area contributed by atoms with E-state index < -0.39 is 17.6 Å². The van der Waals surface area contributed by atoms with E-state index in [0.717, 1.165) is 46.1 Å². The molecule has 0 radical (unpaired) electrons. The lowest BCUT2D eigenvalue weighted by Crippen LogP contribution is -2.27. The van der Waals surface area contributed by atoms with Gasteiger partial charge < -0.3 is 10.2 Å². The van der Waals surface area contributed by atoms with Crippen molar-refractivity contribution in [2.75, 3.05) is 0 Å². The zero-order valence-electron chi connectivity index (χ0n) is 20.0. The molecule has 5 heteroatoms. The number of para-hydroxylation sites is 1. The van der Waals surface area contributed by atoms with E-state index in [1.54, 1.807) is 18.2 Å². The molecule has 4 rings (SSSR count). The third-order valence-electron chi connectivity index (χ3n) is 6.31. The summed E-state index contributed by atoms with van der Waals surface area (Å²) in [6, 6.07) is 14.3. The summed E-state index contributed by atoms with van der Waals surface area (Å²) >= 11 is 0. The molecule has 0 saturated heterocycles. The SMILES string of the molecule is CC(C)(C)C(=O)CC(O)CC(O)/C=C/c1c(C2CC2)nc2ccccc2c1-c1ccc(F)cc1. The second kappa shape index (κ2) is 9.77. The number of rotatable bonds is 8. The number of carbonyl (C=O) groups is 1. The van der Waals surface area contributed by atoms with Crippen LogP contribution in [0.4, 0.5) is 4.39 Å². The molecule has 0 bridgehead atoms. The first-order valence-corrected chi connectivity index (χ1v) is 11.9. The maximum absolute atomic E-state index is 13.7. The second-order valence-electron chi connectivity index (χ2n) is 10.3. The van der Waals surface area contributed by atoms with Gasteiger partial charge in [0, 0.05) is 40.7 Å². The molecule has 0 aliphatic heterocycles. The van der Waals surface area contributed by atoms with Crippen LogP contribution in [0.2, 0.25) is 0 Å². The molecule has 2 atom stereocenters. The first-order valence-electron chi connectivity index (χ1n) is 11.9. The van der Waals surface area contributed by atoms with E-state index in [1.165, 1.54) is 12.1 Å². The number of hydrogen-bond acceptors (Lipinski definition) is 4. The molecule has 0 amide bonds. The van der Waals surface area contributed by atoms with Gasteiger partial charge in [0.2, 0.25) is 0 Å². The largest absolute Gasteiger partial charge is 0.393 e. The van der Waals surface area contributed by atoms with Gasteiger partial charge in [-0.3, -0.25) is 9.78 Å². The number of Topliss-reactive ketones (excluding diaryl/α,β-unsaturated/α-hetero) is 1. The van der Waals surface area contributed by atoms with Gasteiger partial charge in [0.25, 0.3) is 0 Å². The standard InChI is InChI=1S/C29H32FNO3/c1-29(2,3)26(34)17-22(33)16-21(32)14-15-24-27(18-10-12-20(30)13-11-18)23-6-4-5-7-25(23)31-28(24)19-8-9-19/h4-7,10-15,19,21-22,32-33H,8-9,16-17H2,1-3H3/b15-14+. The average Bonchev–Trinajstić information content (AvgIpc) is 3.62. The van der Waals surface area contributed by atoms with Crippen molar-refractivity contribution in [3.63, 3.8) is 0 Å². The number of aromatic nitrogens is 1. The first kappa shape index (κ1) is 24.2. The van der Waals surface area contributed by atoms with Crippen LogP contribution in [-0.4, -0.2) is 33.2 Å². The Balaban J connectivity index is 1.69. The quantitative estimate of drug-likeness (QED) is 0.428. The molecule has 4 nitrogen and oxygen atoms in total. The van der Waals surface area contributed by atoms with Crippen molar-refractivity contribution in [2.24, 2.45) is 5.41 Å². The first-order chi connectivity index (χ1) is 16.1. The number of ketones is 1. The summed E-state index contributed by atoms with van der Waals surface area (Å²) in [5.41, 5.74) is 4.09. The fourth-order valence-electron chi connectivity index (χ4n) is 4.18. The predicted octanol–water partition coefficient (Wildman–Crippen LogP) is 6.05. The number of hydrogen-bond donors (Lipinski definition) is 2. The molecule has 1 aromatic heterocycles. The fourth-order valence-corrected chi connectivity index (χ4v) is 4.18. The van der Waals surface area contributed by atoms with Gasteiger partial charge in [0.05, 0.1) is 23.4 Å². The van der Waals surface area contributed by atoms with Crippen LogP contribution in [0.25, 0.3) is 28.1 Å². The normalized spacial score (nSPS) is 16.2. The van der Waals surface area contributed by atoms with E-state index in [2.05, 4.69) is 0 Å². The van der Waals surface area contributed by atoms with Crippen molar-refractivity contribution in [3.05, 3.63) is 71.7 Å². The Morgan fingerprint density at radius 2 is 1.79 bits per heavy atom. The fraction of sp³-hybridized carbons (Fsp3) is 0.379. The summed E-state index contributed by atoms with van der Waals surface area (Å²) < 4.78 is 13.7. The van der Waals surface area contributed by atoms with E-state index in [0.29, 0.717) is 5.92 Å². The Morgan fingerprint density at radius 3 is 2.44 bits per heavy atom. The summed E-state index contributed by atoms with van der Waals surface area (Å²) in [6.07, 6.45) is 3.91. The molecule has 1 heterocycles. The Bertz CT molecular complexity index is 1210. The molecule has 34 heavy (non-hydrogen) atoms. The van der Waals surface area contributed by atoms with Crippen LogP contribution >= 0.6 is 0 Å². The molecule has 1 aliphatic carbocycles. The van der Waals surface area contributed by atoms with Crippen molar-refractivity contribution >= 4 is 22.8 Å². The number of halogens is 1. The van der Waals surface area contributed by atoms with E-state index in [-0.39, 0.29) is 24.4 Å². The van der Waals surface area contributed by atoms with Gasteiger partial charge in [-0.1, -0.05) is 63.3 Å². The molecule has 0 spiro atoms. The molecule has 2 unspecified atom stereocenters. The highest BCUT2D eigenvalue weighted by Crippen LogP contribution is 2.45. The summed E-state index contributed by atoms with van der Waals surface area (Å²) in [7, 11) is 0. The van der Waals surface area contributed by atoms with Gasteiger partial charge in [0.15, 0.2) is 0 Å². The van der Waals surface area contributed by atoms with Crippen LogP contribution in [0.1, 0.15) is 63.6 Å². The lowest BCUT2D eigenvalue weighted by atomic mass is 9.87. The summed E-state index contributed by atoms with van der Waals surface area (Å²) in [4.78, 5) is 17.2. The zero-order valence-corrected chi connectivity index (χ0v) is 20.0. The Kier molecular flexibility index (Phi) is 6.96. The maximum atomic E-state index is 13.7. The van der Waals surface area contributed by atoms with E-state index in [1.807, 2.05) is 51.1 Å². The second-order valence-corrected chi connectivity index (χ2v) is 10.3. The number of aliphatic hydroxyl groups excluding tert-OH is 2. The lowest BCUT2D eigenvalue weighted by Gasteiger charge is -2.20. The van der Waals surface area contributed by atoms with Gasteiger partial charge in [-0.05, 0) is 36.6 Å². The third kappa shape index (κ3) is 5.60. The van der Waals surface area contributed by atoms with Crippen LogP contribution in [0, 0.1) is 11.2 Å². The van der Waals surface area contributed by atoms with Gasteiger partial charge in [-0.2, -0.15) is 0 Å². The molecule has 178 valence electrons. The predicted molar refractivity (Wildman–Crippen MR) is 134 cm³/mol. The Morgan fingerprint density at radius 1 is 1.12 bits per heavy atom. The highest BCUT2D eigenvalue weighted by atomic mass is 19.1. The molecule has 1 saturated carbocycles. The van der Waals surface area contributed by atoms with Crippen molar-refractivity contribution < 1.29 is 19.4 Å². The summed E-state index contributed by atoms with van der Waals surface area (Å²) in [6.45, 7) is 5.46. The molecule has 1 aliphatic rings. The Hall–Kier alpha value is -2.89. The number of nitrogens with zero attached hydrogens (tertiary/aromatic N) is 1. The van der Waals surface area contributed by atoms with Gasteiger partial charge in [-0.15, -0.1) is 0 Å². The molecular weight excluding hydrogens is 429 g/mol. The van der Waals surface area contributed by atoms with Crippen molar-refractivity contribution in [3.8, 4) is 11.1 Å². The minimum atomic E-state index is -0.916. The van der Waals surface area contributed by atoms with Gasteiger partial charge in [-0.25, -0.2) is 4.39 Å². The van der Waals surface area contributed by atoms with Crippen molar-refractivity contribution in [1.82, 2.24) is 4.98 Å². The number of pyridine rings is 1. The van der Waals surface area contributed by atoms with E-state index >= 15 is 0 Å². The number of fused-ring (bicyclic) bond motifs is 1. The van der Waals surface area contributed by atoms with Crippen molar-refractivity contribution in [1.29, 1.82) is 0 Å². The maximum Gasteiger partial charge on any atom is 0.140 e. The Labute approximate surface area is 200 Å². The lowest BCUT2D eigenvalue weighted by molar-refractivity contribution is -0.128. The van der Waals surface area contributed by atoms with Crippen LogP contribution < -0.4 is 0 Å². The zero-order chi connectivity index (χ0) is 24.5. The van der Waals surface area contributed by atoms with Crippen LogP contribution in [-0.2, 0) is 4.79 Å². The van der Waals surface area contributed by atoms with Gasteiger partial charge in [0.1, 0.15) is 11.6 Å². The monoisotopic (exact) mass is 461 g/mol. The van der Waals surface area contributed by atoms with Gasteiger partial charge >= 0.3 is 0 Å². The summed E-state index contributed by atoms with van der Waals surface area (Å²) in [5.74, 6) is 0.0240. The smallest absolute Gasteiger partial charge is 0.140 e. The van der Waals surface area contributed by atoms with Crippen LogP contribution in [0.5, 0.6) is 0 Å². The minimum Gasteiger partial charge on any atom is -0.393 e. The third-order valence-corrected chi connectivity index (χ3v) is 6.31. The molecule has 1 fully saturated rings. The van der Waals surface area contributed by atoms with E-state index in [9.17, 15) is 19.4 Å². The summed E-state index contributed by atoms with van der Waals surface area (Å²) in [5, 5.41) is 21.9. The highest BCUT2D eigenvalue weighted by Gasteiger charge is 2.30. The topological polar surface area (TPSA) is 70.4 Å². The molecular formula is C29H32FNO3. The number of benzene rings is 2. The van der Waals surface area contributed by atoms with Crippen molar-refractivity contribution in [2.45, 2.75) is 64.6 Å². The van der Waals surface area contributed by atoms with Crippen LogP contribution in [0.3, 0.4) is 0 Å². The van der Waals surface area contributed by atoms with E-state index in [4.69, 9.17) is 4.98 Å². The van der Waals surface area contributed by atoms with Crippen LogP contribution in [0.15, 0.2) is 54.6 Å².